The average Bonchev–Trinajstić information content (AvgIpc) is 3.12. The van der Waals surface area contributed by atoms with Crippen molar-refractivity contribution in [1.29, 1.82) is 0 Å². The van der Waals surface area contributed by atoms with Crippen molar-refractivity contribution in [2.75, 3.05) is 0 Å². The molecule has 4 nitrogen and oxygen atoms in total. The van der Waals surface area contributed by atoms with E-state index in [-0.39, 0.29) is 29.8 Å². The molecule has 7 atom stereocenters. The van der Waals surface area contributed by atoms with E-state index in [1.807, 2.05) is 6.08 Å². The molecule has 1 aliphatic heterocycles. The Morgan fingerprint density at radius 3 is 3.00 bits per heavy atom. The van der Waals surface area contributed by atoms with Crippen LogP contribution in [0, 0.1) is 23.7 Å². The number of carbonyl (C=O) groups is 1. The SMILES string of the molecule is CC(C1C=CCC1)[C@@H](O)C=C[C@@H]1[C@H]2CC(=O)O[C@H]2C[C@H]1O. The molecule has 0 radical (unpaired) electrons. The molecule has 1 saturated carbocycles. The number of esters is 1. The Balaban J connectivity index is 1.62. The summed E-state index contributed by atoms with van der Waals surface area (Å²) < 4.78 is 5.22. The lowest BCUT2D eigenvalue weighted by atomic mass is 9.86. The van der Waals surface area contributed by atoms with Gasteiger partial charge in [-0.15, -0.1) is 0 Å². The fourth-order valence-corrected chi connectivity index (χ4v) is 3.95. The maximum atomic E-state index is 11.3. The van der Waals surface area contributed by atoms with Crippen molar-refractivity contribution >= 4 is 5.97 Å². The van der Waals surface area contributed by atoms with Crippen LogP contribution in [-0.2, 0) is 9.53 Å². The predicted molar refractivity (Wildman–Crippen MR) is 78.3 cm³/mol. The number of hydrogen-bond donors (Lipinski definition) is 2. The summed E-state index contributed by atoms with van der Waals surface area (Å²) in [6, 6.07) is 0. The predicted octanol–water partition coefficient (Wildman–Crippen LogP) is 1.82. The summed E-state index contributed by atoms with van der Waals surface area (Å²) in [5.74, 6) is 0.429. The van der Waals surface area contributed by atoms with Gasteiger partial charge < -0.3 is 14.9 Å². The first-order chi connectivity index (χ1) is 10.1. The zero-order valence-electron chi connectivity index (χ0n) is 12.4. The lowest BCUT2D eigenvalue weighted by Crippen LogP contribution is -2.23. The van der Waals surface area contributed by atoms with E-state index >= 15 is 0 Å². The highest BCUT2D eigenvalue weighted by molar-refractivity contribution is 5.72. The Labute approximate surface area is 125 Å². The molecule has 0 spiro atoms. The molecule has 0 aromatic carbocycles. The number of ether oxygens (including phenoxy) is 1. The maximum absolute atomic E-state index is 11.3. The van der Waals surface area contributed by atoms with E-state index in [1.54, 1.807) is 6.08 Å². The molecular weight excluding hydrogens is 268 g/mol. The van der Waals surface area contributed by atoms with Gasteiger partial charge in [0.05, 0.1) is 18.6 Å². The fourth-order valence-electron chi connectivity index (χ4n) is 3.95. The molecule has 4 heteroatoms. The molecule has 2 N–H and O–H groups in total. The van der Waals surface area contributed by atoms with Crippen molar-refractivity contribution in [3.05, 3.63) is 24.3 Å². The largest absolute Gasteiger partial charge is 0.462 e. The Hall–Kier alpha value is -1.13. The number of aliphatic hydroxyl groups is 2. The number of carbonyl (C=O) groups excluding carboxylic acids is 1. The third-order valence-corrected chi connectivity index (χ3v) is 5.37. The lowest BCUT2D eigenvalue weighted by Gasteiger charge is -2.22. The Kier molecular flexibility index (Phi) is 4.18. The smallest absolute Gasteiger partial charge is 0.306 e. The molecular formula is C17H24O4. The third-order valence-electron chi connectivity index (χ3n) is 5.37. The zero-order chi connectivity index (χ0) is 15.0. The van der Waals surface area contributed by atoms with Crippen LogP contribution in [0.3, 0.4) is 0 Å². The first-order valence-corrected chi connectivity index (χ1v) is 7.97. The van der Waals surface area contributed by atoms with Crippen LogP contribution in [0.25, 0.3) is 0 Å². The second-order valence-electron chi connectivity index (χ2n) is 6.68. The van der Waals surface area contributed by atoms with Crippen LogP contribution in [0.5, 0.6) is 0 Å². The standard InChI is InChI=1S/C17H24O4/c1-10(11-4-2-3-5-11)14(18)7-6-12-13-8-17(20)21-16(13)9-15(12)19/h2,4,6-7,10-16,18-19H,3,5,8-9H2,1H3/t10?,11?,12-,13-,14+,15-,16+/m1/s1. The van der Waals surface area contributed by atoms with Crippen LogP contribution in [-0.4, -0.2) is 34.5 Å². The summed E-state index contributed by atoms with van der Waals surface area (Å²) in [5, 5.41) is 20.4. The minimum Gasteiger partial charge on any atom is -0.462 e. The van der Waals surface area contributed by atoms with Crippen LogP contribution in [0.4, 0.5) is 0 Å². The Morgan fingerprint density at radius 1 is 1.48 bits per heavy atom. The van der Waals surface area contributed by atoms with E-state index in [0.717, 1.165) is 12.8 Å². The van der Waals surface area contributed by atoms with Crippen molar-refractivity contribution in [3.63, 3.8) is 0 Å². The molecule has 3 rings (SSSR count). The maximum Gasteiger partial charge on any atom is 0.306 e. The first-order valence-electron chi connectivity index (χ1n) is 7.97. The van der Waals surface area contributed by atoms with Gasteiger partial charge >= 0.3 is 5.97 Å². The highest BCUT2D eigenvalue weighted by Gasteiger charge is 2.48. The summed E-state index contributed by atoms with van der Waals surface area (Å²) in [5.41, 5.74) is 0. The van der Waals surface area contributed by atoms with E-state index in [1.165, 1.54) is 0 Å². The van der Waals surface area contributed by atoms with Crippen molar-refractivity contribution < 1.29 is 19.7 Å². The molecule has 3 aliphatic rings. The van der Waals surface area contributed by atoms with Crippen molar-refractivity contribution in [3.8, 4) is 0 Å². The Bertz CT molecular complexity index is 456. The van der Waals surface area contributed by atoms with E-state index in [9.17, 15) is 15.0 Å². The van der Waals surface area contributed by atoms with Crippen LogP contribution in [0.2, 0.25) is 0 Å². The lowest BCUT2D eigenvalue weighted by molar-refractivity contribution is -0.141. The monoisotopic (exact) mass is 292 g/mol. The fraction of sp³-hybridized carbons (Fsp3) is 0.706. The molecule has 2 fully saturated rings. The topological polar surface area (TPSA) is 66.8 Å². The molecule has 2 aliphatic carbocycles. The second kappa shape index (κ2) is 5.93. The van der Waals surface area contributed by atoms with Gasteiger partial charge in [0.2, 0.25) is 0 Å². The molecule has 0 aromatic heterocycles. The summed E-state index contributed by atoms with van der Waals surface area (Å²) >= 11 is 0. The molecule has 1 heterocycles. The number of rotatable bonds is 4. The van der Waals surface area contributed by atoms with Crippen LogP contribution in [0.15, 0.2) is 24.3 Å². The minimum atomic E-state index is -0.512. The molecule has 116 valence electrons. The van der Waals surface area contributed by atoms with Gasteiger partial charge in [-0.3, -0.25) is 4.79 Å². The summed E-state index contributed by atoms with van der Waals surface area (Å²) in [7, 11) is 0. The molecule has 21 heavy (non-hydrogen) atoms. The number of allylic oxidation sites excluding steroid dienone is 2. The highest BCUT2D eigenvalue weighted by Crippen LogP contribution is 2.42. The van der Waals surface area contributed by atoms with E-state index in [4.69, 9.17) is 4.74 Å². The van der Waals surface area contributed by atoms with Crippen LogP contribution < -0.4 is 0 Å². The Morgan fingerprint density at radius 2 is 2.29 bits per heavy atom. The zero-order valence-corrected chi connectivity index (χ0v) is 12.4. The van der Waals surface area contributed by atoms with Crippen molar-refractivity contribution in [1.82, 2.24) is 0 Å². The van der Waals surface area contributed by atoms with Crippen molar-refractivity contribution in [2.24, 2.45) is 23.7 Å². The molecule has 0 amide bonds. The number of hydrogen-bond acceptors (Lipinski definition) is 4. The third kappa shape index (κ3) is 2.92. The van der Waals surface area contributed by atoms with Gasteiger partial charge in [0, 0.05) is 18.3 Å². The second-order valence-corrected chi connectivity index (χ2v) is 6.68. The number of fused-ring (bicyclic) bond motifs is 1. The normalized spacial score (nSPS) is 41.5. The van der Waals surface area contributed by atoms with E-state index in [0.29, 0.717) is 18.8 Å². The summed E-state index contributed by atoms with van der Waals surface area (Å²) in [6.07, 6.45) is 10.0. The molecule has 0 bridgehead atoms. The molecule has 2 unspecified atom stereocenters. The van der Waals surface area contributed by atoms with Gasteiger partial charge in [0.25, 0.3) is 0 Å². The van der Waals surface area contributed by atoms with E-state index in [2.05, 4.69) is 19.1 Å². The van der Waals surface area contributed by atoms with Gasteiger partial charge in [-0.1, -0.05) is 31.2 Å². The van der Waals surface area contributed by atoms with Gasteiger partial charge in [0.1, 0.15) is 6.10 Å². The van der Waals surface area contributed by atoms with Crippen molar-refractivity contribution in [2.45, 2.75) is 50.9 Å². The average molecular weight is 292 g/mol. The number of aliphatic hydroxyl groups excluding tert-OH is 2. The minimum absolute atomic E-state index is 0.0673. The van der Waals surface area contributed by atoms with Gasteiger partial charge in [0.15, 0.2) is 0 Å². The van der Waals surface area contributed by atoms with Crippen LogP contribution >= 0.6 is 0 Å². The quantitative estimate of drug-likeness (QED) is 0.613. The molecule has 1 saturated heterocycles. The van der Waals surface area contributed by atoms with Gasteiger partial charge in [-0.2, -0.15) is 0 Å². The van der Waals surface area contributed by atoms with Gasteiger partial charge in [-0.05, 0) is 24.7 Å². The van der Waals surface area contributed by atoms with Crippen LogP contribution in [0.1, 0.15) is 32.6 Å². The van der Waals surface area contributed by atoms with Gasteiger partial charge in [-0.25, -0.2) is 0 Å². The first kappa shape index (κ1) is 14.8. The summed E-state index contributed by atoms with van der Waals surface area (Å²) in [6.45, 7) is 2.06. The van der Waals surface area contributed by atoms with E-state index < -0.39 is 12.2 Å². The highest BCUT2D eigenvalue weighted by atomic mass is 16.6. The summed E-state index contributed by atoms with van der Waals surface area (Å²) in [4.78, 5) is 11.3. The molecule has 0 aromatic rings.